The van der Waals surface area contributed by atoms with E-state index in [-0.39, 0.29) is 0 Å². The molecule has 1 saturated carbocycles. The van der Waals surface area contributed by atoms with E-state index >= 15 is 0 Å². The second kappa shape index (κ2) is 5.25. The average molecular weight is 270 g/mol. The van der Waals surface area contributed by atoms with Crippen LogP contribution in [0.2, 0.25) is 0 Å². The molecule has 0 atom stereocenters. The number of nitrogens with one attached hydrogen (secondary N) is 1. The second-order valence-electron chi connectivity index (χ2n) is 7.32. The van der Waals surface area contributed by atoms with E-state index < -0.39 is 0 Å². The molecule has 1 fully saturated rings. The summed E-state index contributed by atoms with van der Waals surface area (Å²) in [6.45, 7) is 9.04. The minimum Gasteiger partial charge on any atom is -0.347 e. The van der Waals surface area contributed by atoms with Crippen molar-refractivity contribution in [1.82, 2.24) is 9.88 Å². The fourth-order valence-corrected chi connectivity index (χ4v) is 2.63. The molecule has 3 rings (SSSR count). The third-order valence-electron chi connectivity index (χ3n) is 4.17. The smallest absolute Gasteiger partial charge is 0.0483 e. The van der Waals surface area contributed by atoms with Crippen molar-refractivity contribution in [2.75, 3.05) is 0 Å². The fourth-order valence-electron chi connectivity index (χ4n) is 2.63. The molecule has 0 aliphatic heterocycles. The highest BCUT2D eigenvalue weighted by Gasteiger charge is 2.20. The lowest BCUT2D eigenvalue weighted by atomic mass is 9.92. The van der Waals surface area contributed by atoms with Crippen LogP contribution in [-0.4, -0.2) is 10.6 Å². The molecule has 1 aromatic carbocycles. The molecular formula is C18H26N2. The van der Waals surface area contributed by atoms with Crippen molar-refractivity contribution >= 4 is 10.9 Å². The van der Waals surface area contributed by atoms with Crippen LogP contribution in [0.4, 0.5) is 0 Å². The molecule has 20 heavy (non-hydrogen) atoms. The Morgan fingerprint density at radius 2 is 2.00 bits per heavy atom. The van der Waals surface area contributed by atoms with Gasteiger partial charge in [0.2, 0.25) is 0 Å². The van der Waals surface area contributed by atoms with Crippen molar-refractivity contribution in [2.45, 2.75) is 59.2 Å². The molecule has 0 saturated heterocycles. The van der Waals surface area contributed by atoms with Crippen molar-refractivity contribution in [3.63, 3.8) is 0 Å². The van der Waals surface area contributed by atoms with Crippen LogP contribution in [0.3, 0.4) is 0 Å². The maximum Gasteiger partial charge on any atom is 0.0483 e. The van der Waals surface area contributed by atoms with Gasteiger partial charge in [0.15, 0.2) is 0 Å². The van der Waals surface area contributed by atoms with Crippen LogP contribution in [0.1, 0.15) is 45.6 Å². The summed E-state index contributed by atoms with van der Waals surface area (Å²) < 4.78 is 2.40. The topological polar surface area (TPSA) is 17.0 Å². The maximum atomic E-state index is 3.62. The van der Waals surface area contributed by atoms with Crippen molar-refractivity contribution < 1.29 is 0 Å². The number of fused-ring (bicyclic) bond motifs is 1. The zero-order valence-corrected chi connectivity index (χ0v) is 12.9. The molecule has 1 aliphatic carbocycles. The lowest BCUT2D eigenvalue weighted by Gasteiger charge is -2.18. The van der Waals surface area contributed by atoms with E-state index in [0.717, 1.165) is 19.1 Å². The number of hydrogen-bond acceptors (Lipinski definition) is 1. The highest BCUT2D eigenvalue weighted by Crippen LogP contribution is 2.25. The SMILES string of the molecule is CC(C)(C)CCn1ccc2c(CNC3CC3)cccc21. The quantitative estimate of drug-likeness (QED) is 0.855. The van der Waals surface area contributed by atoms with Gasteiger partial charge >= 0.3 is 0 Å². The molecule has 0 spiro atoms. The summed E-state index contributed by atoms with van der Waals surface area (Å²) >= 11 is 0. The van der Waals surface area contributed by atoms with Gasteiger partial charge in [-0.25, -0.2) is 0 Å². The summed E-state index contributed by atoms with van der Waals surface area (Å²) in [5.74, 6) is 0. The second-order valence-corrected chi connectivity index (χ2v) is 7.32. The Morgan fingerprint density at radius 1 is 1.20 bits per heavy atom. The molecule has 0 radical (unpaired) electrons. The van der Waals surface area contributed by atoms with Gasteiger partial charge < -0.3 is 9.88 Å². The Hall–Kier alpha value is -1.28. The number of aryl methyl sites for hydroxylation is 1. The van der Waals surface area contributed by atoms with E-state index in [1.54, 1.807) is 0 Å². The lowest BCUT2D eigenvalue weighted by molar-refractivity contribution is 0.353. The van der Waals surface area contributed by atoms with Crippen molar-refractivity contribution in [2.24, 2.45) is 5.41 Å². The molecule has 2 nitrogen and oxygen atoms in total. The summed E-state index contributed by atoms with van der Waals surface area (Å²) in [5.41, 5.74) is 3.20. The average Bonchev–Trinajstić information content (AvgIpc) is 3.12. The van der Waals surface area contributed by atoms with E-state index in [9.17, 15) is 0 Å². The van der Waals surface area contributed by atoms with Gasteiger partial charge in [-0.15, -0.1) is 0 Å². The van der Waals surface area contributed by atoms with Crippen LogP contribution in [0.25, 0.3) is 10.9 Å². The third kappa shape index (κ3) is 3.24. The van der Waals surface area contributed by atoms with E-state index in [0.29, 0.717) is 5.41 Å². The Kier molecular flexibility index (Phi) is 3.59. The van der Waals surface area contributed by atoms with Gasteiger partial charge in [-0.1, -0.05) is 32.9 Å². The molecule has 108 valence electrons. The molecule has 1 aliphatic rings. The highest BCUT2D eigenvalue weighted by molar-refractivity contribution is 5.83. The minimum atomic E-state index is 0.391. The van der Waals surface area contributed by atoms with Crippen LogP contribution in [0, 0.1) is 5.41 Å². The first-order valence-electron chi connectivity index (χ1n) is 7.83. The lowest BCUT2D eigenvalue weighted by Crippen LogP contribution is -2.15. The molecule has 1 aromatic heterocycles. The van der Waals surface area contributed by atoms with Gasteiger partial charge in [-0.3, -0.25) is 0 Å². The summed E-state index contributed by atoms with van der Waals surface area (Å²) in [6.07, 6.45) is 6.16. The van der Waals surface area contributed by atoms with E-state index in [2.05, 4.69) is 61.1 Å². The fraction of sp³-hybridized carbons (Fsp3) is 0.556. The minimum absolute atomic E-state index is 0.391. The van der Waals surface area contributed by atoms with Gasteiger partial charge in [0, 0.05) is 36.2 Å². The summed E-state index contributed by atoms with van der Waals surface area (Å²) in [5, 5.41) is 5.03. The van der Waals surface area contributed by atoms with Gasteiger partial charge in [0.1, 0.15) is 0 Å². The molecule has 0 amide bonds. The molecule has 2 aromatic rings. The van der Waals surface area contributed by atoms with Gasteiger partial charge in [0.25, 0.3) is 0 Å². The van der Waals surface area contributed by atoms with Crippen LogP contribution < -0.4 is 5.32 Å². The number of nitrogens with zero attached hydrogens (tertiary/aromatic N) is 1. The Bertz CT molecular complexity index is 585. The molecular weight excluding hydrogens is 244 g/mol. The number of aromatic nitrogens is 1. The number of hydrogen-bond donors (Lipinski definition) is 1. The van der Waals surface area contributed by atoms with E-state index in [1.807, 2.05) is 0 Å². The van der Waals surface area contributed by atoms with E-state index in [1.165, 1.54) is 35.7 Å². The zero-order valence-electron chi connectivity index (χ0n) is 12.9. The van der Waals surface area contributed by atoms with Gasteiger partial charge in [-0.05, 0) is 42.4 Å². The maximum absolute atomic E-state index is 3.62. The molecule has 1 heterocycles. The zero-order chi connectivity index (χ0) is 14.2. The van der Waals surface area contributed by atoms with Crippen LogP contribution in [0.15, 0.2) is 30.5 Å². The number of benzene rings is 1. The van der Waals surface area contributed by atoms with Crippen molar-refractivity contribution in [3.8, 4) is 0 Å². The Labute approximate surface area is 122 Å². The first kappa shape index (κ1) is 13.7. The van der Waals surface area contributed by atoms with Crippen molar-refractivity contribution in [1.29, 1.82) is 0 Å². The first-order valence-corrected chi connectivity index (χ1v) is 7.83. The van der Waals surface area contributed by atoms with Crippen LogP contribution in [0.5, 0.6) is 0 Å². The summed E-state index contributed by atoms with van der Waals surface area (Å²) in [6, 6.07) is 9.75. The molecule has 2 heteroatoms. The summed E-state index contributed by atoms with van der Waals surface area (Å²) in [4.78, 5) is 0. The predicted molar refractivity (Wildman–Crippen MR) is 85.9 cm³/mol. The van der Waals surface area contributed by atoms with Crippen LogP contribution in [-0.2, 0) is 13.1 Å². The van der Waals surface area contributed by atoms with Gasteiger partial charge in [-0.2, -0.15) is 0 Å². The Morgan fingerprint density at radius 3 is 2.70 bits per heavy atom. The summed E-state index contributed by atoms with van der Waals surface area (Å²) in [7, 11) is 0. The van der Waals surface area contributed by atoms with E-state index in [4.69, 9.17) is 0 Å². The first-order chi connectivity index (χ1) is 9.53. The molecule has 1 N–H and O–H groups in total. The largest absolute Gasteiger partial charge is 0.347 e. The monoisotopic (exact) mass is 270 g/mol. The third-order valence-corrected chi connectivity index (χ3v) is 4.17. The van der Waals surface area contributed by atoms with Crippen molar-refractivity contribution in [3.05, 3.63) is 36.0 Å². The van der Waals surface area contributed by atoms with Crippen LogP contribution >= 0.6 is 0 Å². The molecule has 0 bridgehead atoms. The number of rotatable bonds is 5. The predicted octanol–water partition coefficient (Wildman–Crippen LogP) is 4.33. The normalized spacial score (nSPS) is 15.9. The standard InChI is InChI=1S/C18H26N2/c1-18(2,3)10-12-20-11-9-16-14(5-4-6-17(16)20)13-19-15-7-8-15/h4-6,9,11,15,19H,7-8,10,12-13H2,1-3H3. The molecule has 0 unspecified atom stereocenters. The Balaban J connectivity index is 1.78. The van der Waals surface area contributed by atoms with Gasteiger partial charge in [0.05, 0.1) is 0 Å². The highest BCUT2D eigenvalue weighted by atomic mass is 15.0.